The lowest BCUT2D eigenvalue weighted by atomic mass is 10.1. The average Bonchev–Trinajstić information content (AvgIpc) is 3.08. The highest BCUT2D eigenvalue weighted by Crippen LogP contribution is 2.18. The summed E-state index contributed by atoms with van der Waals surface area (Å²) in [6.07, 6.45) is 1.60. The molecule has 0 aliphatic heterocycles. The molecule has 0 spiro atoms. The number of halogens is 1. The van der Waals surface area contributed by atoms with Crippen molar-refractivity contribution >= 4 is 22.8 Å². The van der Waals surface area contributed by atoms with E-state index in [0.717, 1.165) is 5.56 Å². The summed E-state index contributed by atoms with van der Waals surface area (Å²) in [5.41, 5.74) is 2.74. The van der Waals surface area contributed by atoms with E-state index in [2.05, 4.69) is 4.98 Å². The molecule has 0 aliphatic carbocycles. The Hall–Kier alpha value is -3.12. The Labute approximate surface area is 166 Å². The van der Waals surface area contributed by atoms with Crippen LogP contribution in [0.3, 0.4) is 0 Å². The third-order valence-electron chi connectivity index (χ3n) is 4.76. The number of imidazole rings is 1. The zero-order chi connectivity index (χ0) is 19.8. The first-order valence-corrected chi connectivity index (χ1v) is 9.39. The molecule has 0 fully saturated rings. The maximum Gasteiger partial charge on any atom is 0.337 e. The number of aryl methyl sites for hydroxylation is 1. The maximum absolute atomic E-state index is 13.0. The first-order chi connectivity index (χ1) is 13.5. The highest BCUT2D eigenvalue weighted by Gasteiger charge is 2.18. The first-order valence-electron chi connectivity index (χ1n) is 9.01. The minimum atomic E-state index is -0.428. The summed E-state index contributed by atoms with van der Waals surface area (Å²) in [7, 11) is 0. The van der Waals surface area contributed by atoms with Gasteiger partial charge in [-0.05, 0) is 37.6 Å². The molecule has 6 nitrogen and oxygen atoms in total. The molecule has 0 radical (unpaired) electrons. The largest absolute Gasteiger partial charge is 0.337 e. The zero-order valence-corrected chi connectivity index (χ0v) is 16.3. The van der Waals surface area contributed by atoms with Gasteiger partial charge >= 0.3 is 5.69 Å². The summed E-state index contributed by atoms with van der Waals surface area (Å²) >= 11 is 6.12. The van der Waals surface area contributed by atoms with E-state index in [1.54, 1.807) is 42.1 Å². The van der Waals surface area contributed by atoms with E-state index in [1.165, 1.54) is 14.7 Å². The first kappa shape index (κ1) is 18.3. The molecule has 7 heteroatoms. The summed E-state index contributed by atoms with van der Waals surface area (Å²) in [5, 5.41) is 0.505. The van der Waals surface area contributed by atoms with Crippen molar-refractivity contribution in [1.82, 2.24) is 18.7 Å². The zero-order valence-electron chi connectivity index (χ0n) is 15.6. The molecule has 2 aromatic heterocycles. The van der Waals surface area contributed by atoms with E-state index < -0.39 is 5.69 Å². The number of benzene rings is 2. The van der Waals surface area contributed by atoms with Crippen LogP contribution in [0.5, 0.6) is 0 Å². The van der Waals surface area contributed by atoms with Crippen LogP contribution in [0.4, 0.5) is 0 Å². The van der Waals surface area contributed by atoms with Gasteiger partial charge in [-0.25, -0.2) is 14.3 Å². The number of hydrogen-bond donors (Lipinski definition) is 0. The lowest BCUT2D eigenvalue weighted by Gasteiger charge is -2.12. The number of nitrogens with zero attached hydrogens (tertiary/aromatic N) is 4. The van der Waals surface area contributed by atoms with Crippen LogP contribution >= 0.6 is 11.6 Å². The number of fused-ring (bicyclic) bond motifs is 1. The molecule has 2 aromatic carbocycles. The second kappa shape index (κ2) is 7.13. The van der Waals surface area contributed by atoms with E-state index in [4.69, 9.17) is 11.6 Å². The fraction of sp³-hybridized carbons (Fsp3) is 0.190. The van der Waals surface area contributed by atoms with Gasteiger partial charge in [0.05, 0.1) is 12.0 Å². The van der Waals surface area contributed by atoms with Crippen LogP contribution in [0.1, 0.15) is 18.1 Å². The Morgan fingerprint density at radius 1 is 1.07 bits per heavy atom. The molecule has 0 bridgehead atoms. The topological polar surface area (TPSA) is 61.8 Å². The summed E-state index contributed by atoms with van der Waals surface area (Å²) in [5.74, 6) is 0. The summed E-state index contributed by atoms with van der Waals surface area (Å²) < 4.78 is 4.45. The quantitative estimate of drug-likeness (QED) is 0.533. The summed E-state index contributed by atoms with van der Waals surface area (Å²) in [6, 6.07) is 15.1. The van der Waals surface area contributed by atoms with Crippen LogP contribution in [0.15, 0.2) is 64.4 Å². The highest BCUT2D eigenvalue weighted by atomic mass is 35.5. The van der Waals surface area contributed by atoms with Crippen molar-refractivity contribution in [2.75, 3.05) is 0 Å². The molecule has 2 heterocycles. The Morgan fingerprint density at radius 3 is 2.50 bits per heavy atom. The SMILES string of the molecule is CCn1c(=O)c2c(ncn2Cc2ccc(C)cc2)n(-c2cccc(Cl)c2)c1=O. The van der Waals surface area contributed by atoms with Gasteiger partial charge in [-0.15, -0.1) is 0 Å². The molecule has 4 rings (SSSR count). The van der Waals surface area contributed by atoms with Gasteiger partial charge in [-0.1, -0.05) is 47.5 Å². The Bertz CT molecular complexity index is 1280. The summed E-state index contributed by atoms with van der Waals surface area (Å²) in [6.45, 7) is 4.56. The third kappa shape index (κ3) is 3.05. The van der Waals surface area contributed by atoms with Crippen molar-refractivity contribution < 1.29 is 0 Å². The van der Waals surface area contributed by atoms with Crippen LogP contribution in [-0.2, 0) is 13.1 Å². The molecule has 0 amide bonds. The van der Waals surface area contributed by atoms with Gasteiger partial charge in [-0.2, -0.15) is 0 Å². The lowest BCUT2D eigenvalue weighted by molar-refractivity contribution is 0.655. The summed E-state index contributed by atoms with van der Waals surface area (Å²) in [4.78, 5) is 30.4. The van der Waals surface area contributed by atoms with Crippen molar-refractivity contribution in [2.24, 2.45) is 0 Å². The van der Waals surface area contributed by atoms with E-state index in [-0.39, 0.29) is 12.1 Å². The second-order valence-corrected chi connectivity index (χ2v) is 7.11. The van der Waals surface area contributed by atoms with Crippen molar-refractivity contribution in [2.45, 2.75) is 26.9 Å². The molecule has 0 atom stereocenters. The predicted octanol–water partition coefficient (Wildman–Crippen LogP) is 3.38. The van der Waals surface area contributed by atoms with Crippen molar-refractivity contribution in [3.63, 3.8) is 0 Å². The van der Waals surface area contributed by atoms with Crippen LogP contribution in [0.2, 0.25) is 5.02 Å². The maximum atomic E-state index is 13.0. The van der Waals surface area contributed by atoms with Gasteiger partial charge in [0.15, 0.2) is 11.2 Å². The number of rotatable bonds is 4. The molecular weight excluding hydrogens is 376 g/mol. The fourth-order valence-corrected chi connectivity index (χ4v) is 3.50. The minimum absolute atomic E-state index is 0.268. The van der Waals surface area contributed by atoms with Crippen LogP contribution in [0.25, 0.3) is 16.9 Å². The second-order valence-electron chi connectivity index (χ2n) is 6.68. The average molecular weight is 395 g/mol. The van der Waals surface area contributed by atoms with Gasteiger partial charge in [0.25, 0.3) is 5.56 Å². The van der Waals surface area contributed by atoms with Crippen LogP contribution in [0, 0.1) is 6.92 Å². The third-order valence-corrected chi connectivity index (χ3v) is 4.99. The lowest BCUT2D eigenvalue weighted by Crippen LogP contribution is -2.39. The Morgan fingerprint density at radius 2 is 1.82 bits per heavy atom. The molecule has 0 saturated carbocycles. The molecule has 0 unspecified atom stereocenters. The monoisotopic (exact) mass is 394 g/mol. The predicted molar refractivity (Wildman–Crippen MR) is 111 cm³/mol. The van der Waals surface area contributed by atoms with Gasteiger partial charge in [0.1, 0.15) is 0 Å². The van der Waals surface area contributed by atoms with Gasteiger partial charge in [0, 0.05) is 18.1 Å². The number of aromatic nitrogens is 4. The van der Waals surface area contributed by atoms with Crippen LogP contribution < -0.4 is 11.2 Å². The fourth-order valence-electron chi connectivity index (χ4n) is 3.32. The van der Waals surface area contributed by atoms with Crippen molar-refractivity contribution in [1.29, 1.82) is 0 Å². The van der Waals surface area contributed by atoms with E-state index >= 15 is 0 Å². The van der Waals surface area contributed by atoms with Gasteiger partial charge < -0.3 is 4.57 Å². The van der Waals surface area contributed by atoms with E-state index in [0.29, 0.717) is 28.4 Å². The molecule has 0 aliphatic rings. The smallest absolute Gasteiger partial charge is 0.320 e. The van der Waals surface area contributed by atoms with Gasteiger partial charge in [0.2, 0.25) is 0 Å². The molecule has 142 valence electrons. The molecular formula is C21H19ClN4O2. The van der Waals surface area contributed by atoms with Gasteiger partial charge in [-0.3, -0.25) is 9.36 Å². The van der Waals surface area contributed by atoms with Crippen LogP contribution in [-0.4, -0.2) is 18.7 Å². The molecule has 0 saturated heterocycles. The minimum Gasteiger partial charge on any atom is -0.320 e. The standard InChI is InChI=1S/C21H19ClN4O2/c1-3-25-20(27)18-19(26(21(25)28)17-6-4-5-16(22)11-17)23-13-24(18)12-15-9-7-14(2)8-10-15/h4-11,13H,3,12H2,1-2H3. The number of hydrogen-bond acceptors (Lipinski definition) is 3. The normalized spacial score (nSPS) is 11.2. The molecule has 28 heavy (non-hydrogen) atoms. The van der Waals surface area contributed by atoms with E-state index in [1.807, 2.05) is 31.2 Å². The van der Waals surface area contributed by atoms with Crippen molar-refractivity contribution in [3.05, 3.63) is 91.8 Å². The highest BCUT2D eigenvalue weighted by molar-refractivity contribution is 6.30. The molecule has 4 aromatic rings. The Kier molecular flexibility index (Phi) is 4.65. The van der Waals surface area contributed by atoms with Crippen molar-refractivity contribution in [3.8, 4) is 5.69 Å². The molecule has 0 N–H and O–H groups in total. The Balaban J connectivity index is 1.98. The van der Waals surface area contributed by atoms with E-state index in [9.17, 15) is 9.59 Å².